The van der Waals surface area contributed by atoms with Crippen LogP contribution in [0.3, 0.4) is 0 Å². The lowest BCUT2D eigenvalue weighted by Crippen LogP contribution is -2.15. The number of nitrogens with one attached hydrogen (secondary N) is 2. The van der Waals surface area contributed by atoms with E-state index in [4.69, 9.17) is 20.5 Å². The molecule has 0 radical (unpaired) electrons. The number of hydrogen-bond acceptors (Lipinski definition) is 6. The Morgan fingerprint density at radius 3 is 2.61 bits per heavy atom. The van der Waals surface area contributed by atoms with E-state index in [0.29, 0.717) is 33.7 Å². The van der Waals surface area contributed by atoms with Gasteiger partial charge in [0.1, 0.15) is 11.6 Å². The third kappa shape index (κ3) is 5.45. The highest BCUT2D eigenvalue weighted by Gasteiger charge is 2.15. The van der Waals surface area contributed by atoms with Crippen LogP contribution in [-0.4, -0.2) is 22.0 Å². The van der Waals surface area contributed by atoms with Crippen molar-refractivity contribution in [3.05, 3.63) is 82.8 Å². The van der Waals surface area contributed by atoms with Crippen molar-refractivity contribution in [3.63, 3.8) is 0 Å². The van der Waals surface area contributed by atoms with Crippen LogP contribution in [0.5, 0.6) is 0 Å². The summed E-state index contributed by atoms with van der Waals surface area (Å²) >= 11 is 5.87. The van der Waals surface area contributed by atoms with E-state index >= 15 is 0 Å². The van der Waals surface area contributed by atoms with Crippen LogP contribution in [0.15, 0.2) is 63.7 Å². The Morgan fingerprint density at radius 1 is 1.09 bits per heavy atom. The third-order valence-electron chi connectivity index (χ3n) is 4.74. The molecule has 168 valence electrons. The maximum atomic E-state index is 14.2. The predicted molar refractivity (Wildman–Crippen MR) is 119 cm³/mol. The first-order valence-electron chi connectivity index (χ1n) is 9.92. The lowest BCUT2D eigenvalue weighted by molar-refractivity contribution is -0.116. The van der Waals surface area contributed by atoms with Crippen molar-refractivity contribution in [2.75, 3.05) is 10.6 Å². The summed E-state index contributed by atoms with van der Waals surface area (Å²) in [7, 11) is 0. The molecule has 2 amide bonds. The van der Waals surface area contributed by atoms with Gasteiger partial charge in [0.25, 0.3) is 5.91 Å². The number of aryl methyl sites for hydroxylation is 2. The normalized spacial score (nSPS) is 10.8. The number of halogens is 2. The minimum absolute atomic E-state index is 0.0650. The molecule has 0 atom stereocenters. The van der Waals surface area contributed by atoms with Crippen LogP contribution in [0, 0.1) is 12.7 Å². The highest BCUT2D eigenvalue weighted by atomic mass is 35.5. The molecule has 4 rings (SSSR count). The van der Waals surface area contributed by atoms with Gasteiger partial charge in [0, 0.05) is 29.1 Å². The van der Waals surface area contributed by atoms with Crippen LogP contribution >= 0.6 is 11.6 Å². The first-order chi connectivity index (χ1) is 15.9. The molecule has 10 heteroatoms. The largest absolute Gasteiger partial charge is 0.469 e. The van der Waals surface area contributed by atoms with E-state index in [-0.39, 0.29) is 24.4 Å². The van der Waals surface area contributed by atoms with Crippen LogP contribution in [-0.2, 0) is 11.2 Å². The first kappa shape index (κ1) is 22.2. The molecule has 0 unspecified atom stereocenters. The van der Waals surface area contributed by atoms with E-state index < -0.39 is 11.7 Å². The highest BCUT2D eigenvalue weighted by Crippen LogP contribution is 2.22. The molecule has 2 aromatic carbocycles. The minimum Gasteiger partial charge on any atom is -0.469 e. The maximum absolute atomic E-state index is 14.2. The Labute approximate surface area is 192 Å². The van der Waals surface area contributed by atoms with Crippen molar-refractivity contribution in [1.29, 1.82) is 0 Å². The zero-order valence-electron chi connectivity index (χ0n) is 17.4. The zero-order chi connectivity index (χ0) is 23.4. The number of aromatic nitrogens is 2. The van der Waals surface area contributed by atoms with Crippen molar-refractivity contribution in [1.82, 2.24) is 10.1 Å². The second kappa shape index (κ2) is 9.66. The Balaban J connectivity index is 1.35. The molecule has 8 nitrogen and oxygen atoms in total. The van der Waals surface area contributed by atoms with Gasteiger partial charge in [-0.1, -0.05) is 16.8 Å². The van der Waals surface area contributed by atoms with Gasteiger partial charge in [-0.3, -0.25) is 9.59 Å². The van der Waals surface area contributed by atoms with Gasteiger partial charge in [-0.15, -0.1) is 0 Å². The molecule has 2 N–H and O–H groups in total. The van der Waals surface area contributed by atoms with E-state index in [1.165, 1.54) is 24.5 Å². The number of carbonyl (C=O) groups excluding carboxylic acids is 2. The van der Waals surface area contributed by atoms with Gasteiger partial charge in [-0.2, -0.15) is 4.98 Å². The molecule has 0 saturated heterocycles. The summed E-state index contributed by atoms with van der Waals surface area (Å²) < 4.78 is 24.4. The standard InChI is InChI=1S/C23H18ClFN4O4/c1-13-17(10-11-32-13)23(31)27-19-12-16(6-7-18(19)25)26-20(30)8-9-21-28-22(29-33-21)14-2-4-15(24)5-3-14/h2-7,10-12H,8-9H2,1H3,(H,26,30)(H,27,31). The fourth-order valence-electron chi connectivity index (χ4n) is 3.03. The van der Waals surface area contributed by atoms with E-state index in [2.05, 4.69) is 20.8 Å². The molecule has 0 fully saturated rings. The number of benzene rings is 2. The van der Waals surface area contributed by atoms with Gasteiger partial charge in [0.05, 0.1) is 17.5 Å². The van der Waals surface area contributed by atoms with Gasteiger partial charge in [-0.05, 0) is 55.5 Å². The Morgan fingerprint density at radius 2 is 1.88 bits per heavy atom. The summed E-state index contributed by atoms with van der Waals surface area (Å²) in [6.45, 7) is 1.63. The molecule has 2 aromatic heterocycles. The average molecular weight is 469 g/mol. The Hall–Kier alpha value is -3.98. The first-order valence-corrected chi connectivity index (χ1v) is 10.3. The van der Waals surface area contributed by atoms with E-state index in [9.17, 15) is 14.0 Å². The summed E-state index contributed by atoms with van der Waals surface area (Å²) in [5.41, 5.74) is 1.29. The van der Waals surface area contributed by atoms with Crippen LogP contribution in [0.1, 0.15) is 28.4 Å². The van der Waals surface area contributed by atoms with Gasteiger partial charge < -0.3 is 19.6 Å². The van der Waals surface area contributed by atoms with Crippen LogP contribution in [0.25, 0.3) is 11.4 Å². The van der Waals surface area contributed by atoms with Crippen molar-refractivity contribution >= 4 is 34.8 Å². The topological polar surface area (TPSA) is 110 Å². The van der Waals surface area contributed by atoms with Crippen molar-refractivity contribution in [2.24, 2.45) is 0 Å². The molecule has 4 aromatic rings. The number of furan rings is 1. The lowest BCUT2D eigenvalue weighted by Gasteiger charge is -2.09. The molecule has 0 aliphatic rings. The fourth-order valence-corrected chi connectivity index (χ4v) is 3.15. The van der Waals surface area contributed by atoms with E-state index in [1.54, 1.807) is 31.2 Å². The maximum Gasteiger partial charge on any atom is 0.259 e. The fraction of sp³-hybridized carbons (Fsp3) is 0.130. The number of rotatable bonds is 7. The number of anilines is 2. The van der Waals surface area contributed by atoms with Gasteiger partial charge in [-0.25, -0.2) is 4.39 Å². The lowest BCUT2D eigenvalue weighted by atomic mass is 10.2. The molecule has 2 heterocycles. The predicted octanol–water partition coefficient (Wildman–Crippen LogP) is 5.25. The SMILES string of the molecule is Cc1occc1C(=O)Nc1cc(NC(=O)CCc2nc(-c3ccc(Cl)cc3)no2)ccc1F. The number of carbonyl (C=O) groups is 2. The monoisotopic (exact) mass is 468 g/mol. The summed E-state index contributed by atoms with van der Waals surface area (Å²) in [6.07, 6.45) is 1.66. The van der Waals surface area contributed by atoms with Gasteiger partial charge >= 0.3 is 0 Å². The van der Waals surface area contributed by atoms with Crippen molar-refractivity contribution < 1.29 is 22.9 Å². The molecule has 0 spiro atoms. The average Bonchev–Trinajstić information content (AvgIpc) is 3.44. The van der Waals surface area contributed by atoms with E-state index in [1.807, 2.05) is 0 Å². The molecule has 0 aliphatic carbocycles. The second-order valence-electron chi connectivity index (χ2n) is 7.11. The zero-order valence-corrected chi connectivity index (χ0v) is 18.1. The summed E-state index contributed by atoms with van der Waals surface area (Å²) in [5.74, 6) is -0.375. The molecule has 33 heavy (non-hydrogen) atoms. The van der Waals surface area contributed by atoms with Crippen molar-refractivity contribution in [3.8, 4) is 11.4 Å². The Bertz CT molecular complexity index is 1300. The summed E-state index contributed by atoms with van der Waals surface area (Å²) in [5, 5.41) is 9.65. The van der Waals surface area contributed by atoms with Crippen LogP contribution in [0.2, 0.25) is 5.02 Å². The van der Waals surface area contributed by atoms with E-state index in [0.717, 1.165) is 11.6 Å². The third-order valence-corrected chi connectivity index (χ3v) is 4.99. The summed E-state index contributed by atoms with van der Waals surface area (Å²) in [4.78, 5) is 28.9. The minimum atomic E-state index is -0.636. The molecule has 0 bridgehead atoms. The number of amides is 2. The second-order valence-corrected chi connectivity index (χ2v) is 7.54. The summed E-state index contributed by atoms with van der Waals surface area (Å²) in [6, 6.07) is 12.4. The van der Waals surface area contributed by atoms with Gasteiger partial charge in [0.2, 0.25) is 17.6 Å². The molecular formula is C23H18ClFN4O4. The number of hydrogen-bond donors (Lipinski definition) is 2. The highest BCUT2D eigenvalue weighted by molar-refractivity contribution is 6.30. The van der Waals surface area contributed by atoms with Crippen molar-refractivity contribution in [2.45, 2.75) is 19.8 Å². The smallest absolute Gasteiger partial charge is 0.259 e. The molecule has 0 aliphatic heterocycles. The Kier molecular flexibility index (Phi) is 6.50. The van der Waals surface area contributed by atoms with Gasteiger partial charge in [0.15, 0.2) is 0 Å². The van der Waals surface area contributed by atoms with Crippen LogP contribution < -0.4 is 10.6 Å². The van der Waals surface area contributed by atoms with Crippen LogP contribution in [0.4, 0.5) is 15.8 Å². The number of nitrogens with zero attached hydrogens (tertiary/aromatic N) is 2. The quantitative estimate of drug-likeness (QED) is 0.383. The molecular weight excluding hydrogens is 451 g/mol. The molecule has 0 saturated carbocycles.